The number of imide groups is 1. The molecule has 144 valence electrons. The molecule has 0 saturated heterocycles. The van der Waals surface area contributed by atoms with E-state index in [1.165, 1.54) is 23.6 Å². The molecule has 0 saturated carbocycles. The highest BCUT2D eigenvalue weighted by atomic mass is 32.2. The number of rotatable bonds is 6. The summed E-state index contributed by atoms with van der Waals surface area (Å²) in [5.74, 6) is -0.707. The molecule has 1 N–H and O–H groups in total. The Morgan fingerprint density at radius 1 is 1.00 bits per heavy atom. The number of amides is 3. The quantitative estimate of drug-likeness (QED) is 0.750. The molecular formula is C22H22N2O3S. The van der Waals surface area contributed by atoms with E-state index >= 15 is 0 Å². The fourth-order valence-electron chi connectivity index (χ4n) is 2.99. The number of carbonyl (C=O) groups excluding carboxylic acids is 3. The van der Waals surface area contributed by atoms with Gasteiger partial charge in [0.1, 0.15) is 0 Å². The standard InChI is InChI=1S/C22H22N2O3S/c1-14(2)28-20-19(17-9-11-18(12-10-17)23-15(3)25)21(26)24(22(20)27)13-16-7-5-4-6-8-16/h4-12,14H,13H2,1-3H3,(H,23,25). The molecule has 0 aromatic heterocycles. The van der Waals surface area contributed by atoms with Crippen LogP contribution in [-0.2, 0) is 20.9 Å². The number of nitrogens with zero attached hydrogens (tertiary/aromatic N) is 1. The van der Waals surface area contributed by atoms with Gasteiger partial charge in [-0.05, 0) is 23.3 Å². The smallest absolute Gasteiger partial charge is 0.268 e. The van der Waals surface area contributed by atoms with E-state index in [1.807, 2.05) is 44.2 Å². The molecule has 2 aromatic rings. The van der Waals surface area contributed by atoms with Crippen LogP contribution < -0.4 is 5.32 Å². The Labute approximate surface area is 168 Å². The van der Waals surface area contributed by atoms with Gasteiger partial charge in [0.05, 0.1) is 17.0 Å². The van der Waals surface area contributed by atoms with E-state index in [-0.39, 0.29) is 29.5 Å². The lowest BCUT2D eigenvalue weighted by atomic mass is 10.1. The lowest BCUT2D eigenvalue weighted by Crippen LogP contribution is -2.31. The van der Waals surface area contributed by atoms with Crippen molar-refractivity contribution in [1.29, 1.82) is 0 Å². The van der Waals surface area contributed by atoms with Crippen LogP contribution in [0.4, 0.5) is 5.69 Å². The molecule has 6 heteroatoms. The Kier molecular flexibility index (Phi) is 5.99. The lowest BCUT2D eigenvalue weighted by Gasteiger charge is -2.15. The molecule has 0 aliphatic carbocycles. The minimum absolute atomic E-state index is 0.163. The summed E-state index contributed by atoms with van der Waals surface area (Å²) in [6, 6.07) is 16.5. The van der Waals surface area contributed by atoms with Crippen LogP contribution in [0.3, 0.4) is 0 Å². The van der Waals surface area contributed by atoms with Crippen molar-refractivity contribution in [3.05, 3.63) is 70.6 Å². The van der Waals surface area contributed by atoms with Crippen LogP contribution in [0.5, 0.6) is 0 Å². The molecule has 0 atom stereocenters. The van der Waals surface area contributed by atoms with Gasteiger partial charge >= 0.3 is 0 Å². The molecule has 0 spiro atoms. The van der Waals surface area contributed by atoms with Crippen LogP contribution in [0.1, 0.15) is 31.9 Å². The van der Waals surface area contributed by atoms with E-state index in [1.54, 1.807) is 24.3 Å². The number of hydrogen-bond donors (Lipinski definition) is 1. The van der Waals surface area contributed by atoms with Crippen LogP contribution in [0.25, 0.3) is 5.57 Å². The second-order valence-corrected chi connectivity index (χ2v) is 8.40. The monoisotopic (exact) mass is 394 g/mol. The molecule has 2 aromatic carbocycles. The van der Waals surface area contributed by atoms with Crippen molar-refractivity contribution >= 4 is 40.7 Å². The first-order valence-corrected chi connectivity index (χ1v) is 9.94. The molecule has 1 aliphatic heterocycles. The zero-order valence-electron chi connectivity index (χ0n) is 16.1. The highest BCUT2D eigenvalue weighted by Gasteiger charge is 2.39. The molecule has 0 unspecified atom stereocenters. The summed E-state index contributed by atoms with van der Waals surface area (Å²) in [5, 5.41) is 2.87. The van der Waals surface area contributed by atoms with Crippen molar-refractivity contribution in [1.82, 2.24) is 4.90 Å². The highest BCUT2D eigenvalue weighted by molar-refractivity contribution is 8.04. The number of nitrogens with one attached hydrogen (secondary N) is 1. The summed E-state index contributed by atoms with van der Waals surface area (Å²) >= 11 is 1.40. The minimum atomic E-state index is -0.288. The van der Waals surface area contributed by atoms with Gasteiger partial charge < -0.3 is 5.32 Å². The molecule has 1 aliphatic rings. The van der Waals surface area contributed by atoms with Crippen molar-refractivity contribution in [2.24, 2.45) is 0 Å². The van der Waals surface area contributed by atoms with Crippen LogP contribution in [-0.4, -0.2) is 27.9 Å². The maximum atomic E-state index is 13.1. The first-order valence-electron chi connectivity index (χ1n) is 9.06. The Morgan fingerprint density at radius 2 is 1.64 bits per heavy atom. The molecule has 3 rings (SSSR count). The van der Waals surface area contributed by atoms with Crippen molar-refractivity contribution in [3.8, 4) is 0 Å². The third-order valence-electron chi connectivity index (χ3n) is 4.16. The average Bonchev–Trinajstić information content (AvgIpc) is 2.87. The summed E-state index contributed by atoms with van der Waals surface area (Å²) < 4.78 is 0. The van der Waals surface area contributed by atoms with E-state index in [0.29, 0.717) is 21.7 Å². The zero-order valence-corrected chi connectivity index (χ0v) is 16.9. The third-order valence-corrected chi connectivity index (χ3v) is 5.24. The normalized spacial score (nSPS) is 14.2. The van der Waals surface area contributed by atoms with Gasteiger partial charge in [-0.3, -0.25) is 19.3 Å². The van der Waals surface area contributed by atoms with E-state index < -0.39 is 0 Å². The largest absolute Gasteiger partial charge is 0.326 e. The number of hydrogen-bond acceptors (Lipinski definition) is 4. The minimum Gasteiger partial charge on any atom is -0.326 e. The maximum Gasteiger partial charge on any atom is 0.268 e. The summed E-state index contributed by atoms with van der Waals surface area (Å²) in [4.78, 5) is 39.1. The summed E-state index contributed by atoms with van der Waals surface area (Å²) in [6.07, 6.45) is 0. The lowest BCUT2D eigenvalue weighted by molar-refractivity contribution is -0.137. The van der Waals surface area contributed by atoms with Gasteiger partial charge in [0.2, 0.25) is 5.91 Å². The average molecular weight is 394 g/mol. The molecule has 3 amide bonds. The second-order valence-electron chi connectivity index (χ2n) is 6.81. The first kappa shape index (κ1) is 19.9. The topological polar surface area (TPSA) is 66.5 Å². The van der Waals surface area contributed by atoms with E-state index in [4.69, 9.17) is 0 Å². The van der Waals surface area contributed by atoms with Gasteiger partial charge in [0.15, 0.2) is 0 Å². The predicted molar refractivity (Wildman–Crippen MR) is 112 cm³/mol. The molecule has 0 radical (unpaired) electrons. The number of benzene rings is 2. The molecule has 1 heterocycles. The Bertz CT molecular complexity index is 934. The van der Waals surface area contributed by atoms with Gasteiger partial charge in [-0.2, -0.15) is 0 Å². The van der Waals surface area contributed by atoms with E-state index in [0.717, 1.165) is 5.56 Å². The van der Waals surface area contributed by atoms with E-state index in [9.17, 15) is 14.4 Å². The second kappa shape index (κ2) is 8.44. The Balaban J connectivity index is 1.95. The van der Waals surface area contributed by atoms with Crippen LogP contribution in [0, 0.1) is 0 Å². The van der Waals surface area contributed by atoms with Crippen LogP contribution in [0.2, 0.25) is 0 Å². The van der Waals surface area contributed by atoms with Gasteiger partial charge in [-0.25, -0.2) is 0 Å². The SMILES string of the molecule is CC(=O)Nc1ccc(C2=C(SC(C)C)C(=O)N(Cc3ccccc3)C2=O)cc1. The number of carbonyl (C=O) groups is 3. The predicted octanol–water partition coefficient (Wildman–Crippen LogP) is 4.07. The van der Waals surface area contributed by atoms with Crippen molar-refractivity contribution in [2.75, 3.05) is 5.32 Å². The third kappa shape index (κ3) is 4.34. The fraction of sp³-hybridized carbons (Fsp3) is 0.227. The molecular weight excluding hydrogens is 372 g/mol. The molecule has 5 nitrogen and oxygen atoms in total. The van der Waals surface area contributed by atoms with Crippen LogP contribution in [0.15, 0.2) is 59.5 Å². The number of anilines is 1. The van der Waals surface area contributed by atoms with Gasteiger partial charge in [0, 0.05) is 17.9 Å². The molecule has 28 heavy (non-hydrogen) atoms. The molecule has 0 fully saturated rings. The maximum absolute atomic E-state index is 13.1. The van der Waals surface area contributed by atoms with Crippen molar-refractivity contribution < 1.29 is 14.4 Å². The first-order chi connectivity index (χ1) is 13.4. The van der Waals surface area contributed by atoms with Gasteiger partial charge in [-0.15, -0.1) is 11.8 Å². The fourth-order valence-corrected chi connectivity index (χ4v) is 3.99. The Hall–Kier alpha value is -2.86. The van der Waals surface area contributed by atoms with Crippen molar-refractivity contribution in [2.45, 2.75) is 32.6 Å². The Morgan fingerprint density at radius 3 is 2.21 bits per heavy atom. The summed E-state index contributed by atoms with van der Waals surface area (Å²) in [5.41, 5.74) is 2.65. The summed E-state index contributed by atoms with van der Waals surface area (Å²) in [7, 11) is 0. The van der Waals surface area contributed by atoms with Gasteiger partial charge in [-0.1, -0.05) is 56.3 Å². The van der Waals surface area contributed by atoms with Crippen molar-refractivity contribution in [3.63, 3.8) is 0 Å². The van der Waals surface area contributed by atoms with Gasteiger partial charge in [0.25, 0.3) is 11.8 Å². The van der Waals surface area contributed by atoms with E-state index in [2.05, 4.69) is 5.32 Å². The zero-order chi connectivity index (χ0) is 20.3. The molecule has 0 bridgehead atoms. The highest BCUT2D eigenvalue weighted by Crippen LogP contribution is 2.38. The summed E-state index contributed by atoms with van der Waals surface area (Å²) in [6.45, 7) is 5.67. The van der Waals surface area contributed by atoms with Crippen LogP contribution >= 0.6 is 11.8 Å². The number of thioether (sulfide) groups is 1.